The van der Waals surface area contributed by atoms with Crippen molar-refractivity contribution in [1.82, 2.24) is 0 Å². The van der Waals surface area contributed by atoms with Gasteiger partial charge in [-0.15, -0.1) is 0 Å². The number of carbonyl (C=O) groups is 2. The number of hydrogen-bond donors (Lipinski definition) is 2. The van der Waals surface area contributed by atoms with Gasteiger partial charge in [0.15, 0.2) is 0 Å². The topological polar surface area (TPSA) is 83.8 Å². The maximum absolute atomic E-state index is 11.4. The Hall–Kier alpha value is -1.36. The van der Waals surface area contributed by atoms with Gasteiger partial charge in [0.05, 0.1) is 5.60 Å². The molecule has 0 aromatic rings. The SMILES string of the molecule is CC(C)[C@@]1(O)CC[C@@H](C)[C@@H]2CCC(COC(=O)CC(=O)O)=C[C@@H]21. The molecule has 0 radical (unpaired) electrons. The van der Waals surface area contributed by atoms with Crippen molar-refractivity contribution in [3.05, 3.63) is 11.6 Å². The van der Waals surface area contributed by atoms with E-state index in [-0.39, 0.29) is 18.4 Å². The first-order valence-corrected chi connectivity index (χ1v) is 8.53. The van der Waals surface area contributed by atoms with Gasteiger partial charge >= 0.3 is 11.9 Å². The minimum atomic E-state index is -1.18. The van der Waals surface area contributed by atoms with Gasteiger partial charge < -0.3 is 14.9 Å². The average Bonchev–Trinajstić information content (AvgIpc) is 2.48. The van der Waals surface area contributed by atoms with Gasteiger partial charge in [0.2, 0.25) is 0 Å². The molecule has 4 atom stereocenters. The lowest BCUT2D eigenvalue weighted by atomic mass is 9.58. The summed E-state index contributed by atoms with van der Waals surface area (Å²) in [5, 5.41) is 19.7. The quantitative estimate of drug-likeness (QED) is 0.461. The molecule has 2 N–H and O–H groups in total. The molecule has 0 aromatic heterocycles. The summed E-state index contributed by atoms with van der Waals surface area (Å²) in [5.74, 6) is -0.568. The van der Waals surface area contributed by atoms with Crippen LogP contribution in [0.1, 0.15) is 52.9 Å². The van der Waals surface area contributed by atoms with Crippen molar-refractivity contribution in [1.29, 1.82) is 0 Å². The summed E-state index contributed by atoms with van der Waals surface area (Å²) in [6.07, 6.45) is 5.18. The molecule has 0 saturated heterocycles. The maximum atomic E-state index is 11.4. The molecule has 130 valence electrons. The van der Waals surface area contributed by atoms with E-state index in [1.54, 1.807) is 0 Å². The summed E-state index contributed by atoms with van der Waals surface area (Å²) >= 11 is 0. The summed E-state index contributed by atoms with van der Waals surface area (Å²) < 4.78 is 5.06. The van der Waals surface area contributed by atoms with Gasteiger partial charge in [-0.05, 0) is 49.0 Å². The van der Waals surface area contributed by atoms with Gasteiger partial charge in [-0.1, -0.05) is 26.8 Å². The number of carbonyl (C=O) groups excluding carboxylic acids is 1. The van der Waals surface area contributed by atoms with Gasteiger partial charge in [0.25, 0.3) is 0 Å². The van der Waals surface area contributed by atoms with E-state index in [9.17, 15) is 14.7 Å². The number of carboxylic acids is 1. The average molecular weight is 324 g/mol. The highest BCUT2D eigenvalue weighted by Gasteiger charge is 2.48. The van der Waals surface area contributed by atoms with Crippen LogP contribution < -0.4 is 0 Å². The van der Waals surface area contributed by atoms with Crippen LogP contribution in [0.2, 0.25) is 0 Å². The molecule has 0 unspecified atom stereocenters. The van der Waals surface area contributed by atoms with E-state index in [2.05, 4.69) is 26.8 Å². The van der Waals surface area contributed by atoms with Crippen molar-refractivity contribution in [2.75, 3.05) is 6.61 Å². The molecule has 0 spiro atoms. The zero-order valence-electron chi connectivity index (χ0n) is 14.2. The Morgan fingerprint density at radius 2 is 2.09 bits per heavy atom. The van der Waals surface area contributed by atoms with E-state index in [0.717, 1.165) is 31.3 Å². The Balaban J connectivity index is 2.09. The van der Waals surface area contributed by atoms with Crippen molar-refractivity contribution >= 4 is 11.9 Å². The predicted octanol–water partition coefficient (Wildman–Crippen LogP) is 2.77. The van der Waals surface area contributed by atoms with E-state index >= 15 is 0 Å². The number of esters is 1. The second-order valence-corrected chi connectivity index (χ2v) is 7.45. The lowest BCUT2D eigenvalue weighted by molar-refractivity contribution is -0.150. The van der Waals surface area contributed by atoms with E-state index in [1.165, 1.54) is 0 Å². The Morgan fingerprint density at radius 3 is 2.70 bits per heavy atom. The lowest BCUT2D eigenvalue weighted by Crippen LogP contribution is -2.51. The van der Waals surface area contributed by atoms with Crippen molar-refractivity contribution in [3.8, 4) is 0 Å². The molecule has 5 nitrogen and oxygen atoms in total. The van der Waals surface area contributed by atoms with Gasteiger partial charge in [0.1, 0.15) is 13.0 Å². The molecule has 2 aliphatic carbocycles. The van der Waals surface area contributed by atoms with Gasteiger partial charge in [-0.25, -0.2) is 0 Å². The standard InChI is InChI=1S/C18H28O5/c1-11(2)18(22)7-6-12(3)14-5-4-13(8-15(14)18)10-23-17(21)9-16(19)20/h8,11-12,14-15,22H,4-7,9-10H2,1-3H3,(H,19,20)/t12-,14+,15+,18+/m1/s1. The minimum Gasteiger partial charge on any atom is -0.481 e. The summed E-state index contributed by atoms with van der Waals surface area (Å²) in [5.41, 5.74) is 0.298. The molecule has 23 heavy (non-hydrogen) atoms. The largest absolute Gasteiger partial charge is 0.481 e. The highest BCUT2D eigenvalue weighted by molar-refractivity contribution is 5.90. The first-order chi connectivity index (χ1) is 10.7. The molecule has 1 fully saturated rings. The third kappa shape index (κ3) is 3.94. The fraction of sp³-hybridized carbons (Fsp3) is 0.778. The van der Waals surface area contributed by atoms with Crippen LogP contribution in [0.15, 0.2) is 11.6 Å². The van der Waals surface area contributed by atoms with Gasteiger partial charge in [-0.3, -0.25) is 9.59 Å². The molecular formula is C18H28O5. The van der Waals surface area contributed by atoms with E-state index < -0.39 is 24.0 Å². The highest BCUT2D eigenvalue weighted by atomic mass is 16.5. The predicted molar refractivity (Wildman–Crippen MR) is 85.7 cm³/mol. The van der Waals surface area contributed by atoms with Gasteiger partial charge in [-0.2, -0.15) is 0 Å². The molecule has 5 heteroatoms. The van der Waals surface area contributed by atoms with Crippen LogP contribution in [-0.2, 0) is 14.3 Å². The van der Waals surface area contributed by atoms with Gasteiger partial charge in [0, 0.05) is 5.92 Å². The third-order valence-electron chi connectivity index (χ3n) is 5.70. The second kappa shape index (κ2) is 7.04. The summed E-state index contributed by atoms with van der Waals surface area (Å²) in [6.45, 7) is 6.51. The Morgan fingerprint density at radius 1 is 1.39 bits per heavy atom. The zero-order chi connectivity index (χ0) is 17.2. The van der Waals surface area contributed by atoms with Crippen molar-refractivity contribution in [2.24, 2.45) is 23.7 Å². The van der Waals surface area contributed by atoms with Crippen LogP contribution in [0.3, 0.4) is 0 Å². The monoisotopic (exact) mass is 324 g/mol. The summed E-state index contributed by atoms with van der Waals surface area (Å²) in [6, 6.07) is 0. The number of aliphatic hydroxyl groups is 1. The number of ether oxygens (including phenoxy) is 1. The molecule has 2 aliphatic rings. The van der Waals surface area contributed by atoms with Crippen LogP contribution in [0.4, 0.5) is 0 Å². The zero-order valence-corrected chi connectivity index (χ0v) is 14.2. The number of hydrogen-bond acceptors (Lipinski definition) is 4. The maximum Gasteiger partial charge on any atom is 0.317 e. The van der Waals surface area contributed by atoms with E-state index in [0.29, 0.717) is 11.8 Å². The third-order valence-corrected chi connectivity index (χ3v) is 5.70. The van der Waals surface area contributed by atoms with E-state index in [1.807, 2.05) is 0 Å². The highest BCUT2D eigenvalue weighted by Crippen LogP contribution is 2.50. The van der Waals surface area contributed by atoms with Crippen LogP contribution >= 0.6 is 0 Å². The summed E-state index contributed by atoms with van der Waals surface area (Å²) in [7, 11) is 0. The number of aliphatic carboxylic acids is 1. The Kier molecular flexibility index (Phi) is 5.50. The molecule has 0 amide bonds. The number of carboxylic acid groups (broad SMARTS) is 1. The van der Waals surface area contributed by atoms with Crippen molar-refractivity contribution < 1.29 is 24.5 Å². The number of fused-ring (bicyclic) bond motifs is 1. The molecule has 1 saturated carbocycles. The number of rotatable bonds is 5. The molecule has 0 aliphatic heterocycles. The second-order valence-electron chi connectivity index (χ2n) is 7.45. The van der Waals surface area contributed by atoms with E-state index in [4.69, 9.17) is 9.84 Å². The first kappa shape index (κ1) is 18.0. The normalized spacial score (nSPS) is 33.8. The van der Waals surface area contributed by atoms with Crippen LogP contribution in [0.5, 0.6) is 0 Å². The molecule has 0 heterocycles. The molecule has 0 bridgehead atoms. The van der Waals surface area contributed by atoms with Crippen LogP contribution in [0, 0.1) is 23.7 Å². The lowest BCUT2D eigenvalue weighted by Gasteiger charge is -2.51. The fourth-order valence-electron chi connectivity index (χ4n) is 4.13. The van der Waals surface area contributed by atoms with Crippen LogP contribution in [0.25, 0.3) is 0 Å². The molecule has 2 rings (SSSR count). The van der Waals surface area contributed by atoms with Crippen LogP contribution in [-0.4, -0.2) is 34.4 Å². The fourth-order valence-corrected chi connectivity index (χ4v) is 4.13. The van der Waals surface area contributed by atoms with Crippen molar-refractivity contribution in [3.63, 3.8) is 0 Å². The Bertz CT molecular complexity index is 496. The first-order valence-electron chi connectivity index (χ1n) is 8.53. The molecule has 0 aromatic carbocycles. The molecular weight excluding hydrogens is 296 g/mol. The summed E-state index contributed by atoms with van der Waals surface area (Å²) in [4.78, 5) is 21.9. The Labute approximate surface area is 137 Å². The minimum absolute atomic E-state index is 0.0909. The smallest absolute Gasteiger partial charge is 0.317 e. The van der Waals surface area contributed by atoms with Crippen molar-refractivity contribution in [2.45, 2.75) is 58.5 Å².